The first-order valence-corrected chi connectivity index (χ1v) is 7.54. The lowest BCUT2D eigenvalue weighted by Crippen LogP contribution is -2.14. The maximum Gasteiger partial charge on any atom is 0.250 e. The molecule has 6 nitrogen and oxygen atoms in total. The molecule has 3 heterocycles. The summed E-state index contributed by atoms with van der Waals surface area (Å²) in [7, 11) is 1.72. The van der Waals surface area contributed by atoms with E-state index in [4.69, 9.17) is 0 Å². The molecule has 118 valence electrons. The molecule has 0 saturated carbocycles. The van der Waals surface area contributed by atoms with Gasteiger partial charge in [-0.3, -0.25) is 4.79 Å². The van der Waals surface area contributed by atoms with Crippen molar-refractivity contribution in [1.29, 1.82) is 0 Å². The Labute approximate surface area is 134 Å². The highest BCUT2D eigenvalue weighted by Gasteiger charge is 2.17. The minimum Gasteiger partial charge on any atom is -0.318 e. The highest BCUT2D eigenvalue weighted by atomic mass is 16.1. The molecule has 0 aliphatic heterocycles. The zero-order valence-corrected chi connectivity index (χ0v) is 13.7. The average molecular weight is 309 g/mol. The number of hydrogen-bond donors (Lipinski definition) is 0. The van der Waals surface area contributed by atoms with Gasteiger partial charge in [-0.1, -0.05) is 19.9 Å². The molecule has 3 aromatic heterocycles. The lowest BCUT2D eigenvalue weighted by Gasteiger charge is -2.06. The predicted molar refractivity (Wildman–Crippen MR) is 88.7 cm³/mol. The van der Waals surface area contributed by atoms with E-state index in [1.165, 1.54) is 10.6 Å². The standard InChI is InChI=1S/C17H19N5O/c1-11(2)16-19-17(13-8-9-15(23)21(4)10-13)22(20-16)14-7-5-6-12(3)18-14/h5-11H,1-4H3. The number of nitrogens with zero attached hydrogens (tertiary/aromatic N) is 5. The smallest absolute Gasteiger partial charge is 0.250 e. The molecular weight excluding hydrogens is 290 g/mol. The van der Waals surface area contributed by atoms with Crippen molar-refractivity contribution in [2.45, 2.75) is 26.7 Å². The predicted octanol–water partition coefficient (Wildman–Crippen LogP) is 2.46. The van der Waals surface area contributed by atoms with Crippen molar-refractivity contribution in [3.05, 3.63) is 58.4 Å². The monoisotopic (exact) mass is 309 g/mol. The Bertz CT molecular complexity index is 907. The fourth-order valence-corrected chi connectivity index (χ4v) is 2.29. The Hall–Kier alpha value is -2.76. The first-order chi connectivity index (χ1) is 11.0. The van der Waals surface area contributed by atoms with Gasteiger partial charge in [0.2, 0.25) is 5.56 Å². The van der Waals surface area contributed by atoms with Gasteiger partial charge in [0.1, 0.15) is 0 Å². The van der Waals surface area contributed by atoms with Crippen LogP contribution in [0.5, 0.6) is 0 Å². The Morgan fingerprint density at radius 3 is 2.52 bits per heavy atom. The molecule has 0 N–H and O–H groups in total. The van der Waals surface area contributed by atoms with Crippen LogP contribution in [0, 0.1) is 6.92 Å². The molecule has 0 saturated heterocycles. The van der Waals surface area contributed by atoms with E-state index in [-0.39, 0.29) is 11.5 Å². The van der Waals surface area contributed by atoms with E-state index in [2.05, 4.69) is 15.1 Å². The van der Waals surface area contributed by atoms with E-state index in [1.54, 1.807) is 24.0 Å². The lowest BCUT2D eigenvalue weighted by atomic mass is 10.2. The van der Waals surface area contributed by atoms with Crippen LogP contribution in [-0.4, -0.2) is 24.3 Å². The van der Waals surface area contributed by atoms with Gasteiger partial charge in [-0.25, -0.2) is 9.97 Å². The van der Waals surface area contributed by atoms with E-state index >= 15 is 0 Å². The molecule has 0 aliphatic carbocycles. The molecular formula is C17H19N5O. The fourth-order valence-electron chi connectivity index (χ4n) is 2.29. The lowest BCUT2D eigenvalue weighted by molar-refractivity contribution is 0.746. The maximum atomic E-state index is 11.6. The molecule has 3 rings (SSSR count). The maximum absolute atomic E-state index is 11.6. The normalized spacial score (nSPS) is 11.2. The van der Waals surface area contributed by atoms with Crippen LogP contribution in [0.1, 0.15) is 31.3 Å². The van der Waals surface area contributed by atoms with Gasteiger partial charge in [0.15, 0.2) is 17.5 Å². The summed E-state index contributed by atoms with van der Waals surface area (Å²) < 4.78 is 3.27. The molecule has 0 amide bonds. The van der Waals surface area contributed by atoms with Crippen LogP contribution < -0.4 is 5.56 Å². The molecule has 0 atom stereocenters. The van der Waals surface area contributed by atoms with Gasteiger partial charge in [-0.05, 0) is 25.1 Å². The van der Waals surface area contributed by atoms with Crippen LogP contribution in [0.2, 0.25) is 0 Å². The van der Waals surface area contributed by atoms with Crippen LogP contribution in [0.4, 0.5) is 0 Å². The van der Waals surface area contributed by atoms with Crippen LogP contribution in [0.25, 0.3) is 17.2 Å². The second kappa shape index (κ2) is 5.79. The van der Waals surface area contributed by atoms with E-state index < -0.39 is 0 Å². The third-order valence-corrected chi connectivity index (χ3v) is 3.57. The molecule has 0 bridgehead atoms. The number of hydrogen-bond acceptors (Lipinski definition) is 4. The Morgan fingerprint density at radius 1 is 1.09 bits per heavy atom. The summed E-state index contributed by atoms with van der Waals surface area (Å²) in [6.07, 6.45) is 1.77. The molecule has 3 aromatic rings. The van der Waals surface area contributed by atoms with Gasteiger partial charge in [0.25, 0.3) is 0 Å². The van der Waals surface area contributed by atoms with Crippen LogP contribution in [0.3, 0.4) is 0 Å². The number of aromatic nitrogens is 5. The molecule has 0 unspecified atom stereocenters. The summed E-state index contributed by atoms with van der Waals surface area (Å²) in [6.45, 7) is 6.04. The molecule has 0 aliphatic rings. The first kappa shape index (κ1) is 15.1. The summed E-state index contributed by atoms with van der Waals surface area (Å²) in [5.74, 6) is 2.35. The van der Waals surface area contributed by atoms with Gasteiger partial charge in [-0.15, -0.1) is 5.10 Å². The molecule has 0 radical (unpaired) electrons. The van der Waals surface area contributed by atoms with Crippen molar-refractivity contribution in [3.8, 4) is 17.2 Å². The number of aryl methyl sites for hydroxylation is 2. The number of pyridine rings is 2. The fraction of sp³-hybridized carbons (Fsp3) is 0.294. The van der Waals surface area contributed by atoms with Crippen molar-refractivity contribution >= 4 is 0 Å². The van der Waals surface area contributed by atoms with Crippen molar-refractivity contribution < 1.29 is 0 Å². The zero-order chi connectivity index (χ0) is 16.6. The van der Waals surface area contributed by atoms with E-state index in [0.29, 0.717) is 11.6 Å². The second-order valence-electron chi connectivity index (χ2n) is 5.86. The topological polar surface area (TPSA) is 65.6 Å². The van der Waals surface area contributed by atoms with Crippen molar-refractivity contribution in [1.82, 2.24) is 24.3 Å². The summed E-state index contributed by atoms with van der Waals surface area (Å²) in [5.41, 5.74) is 1.68. The summed E-state index contributed by atoms with van der Waals surface area (Å²) in [4.78, 5) is 20.8. The van der Waals surface area contributed by atoms with E-state index in [9.17, 15) is 4.79 Å². The quantitative estimate of drug-likeness (QED) is 0.745. The van der Waals surface area contributed by atoms with Crippen LogP contribution in [-0.2, 0) is 7.05 Å². The van der Waals surface area contributed by atoms with Crippen molar-refractivity contribution in [3.63, 3.8) is 0 Å². The zero-order valence-electron chi connectivity index (χ0n) is 13.7. The SMILES string of the molecule is Cc1cccc(-n2nc(C(C)C)nc2-c2ccc(=O)n(C)c2)n1. The van der Waals surface area contributed by atoms with Gasteiger partial charge in [-0.2, -0.15) is 4.68 Å². The van der Waals surface area contributed by atoms with Gasteiger partial charge >= 0.3 is 0 Å². The first-order valence-electron chi connectivity index (χ1n) is 7.54. The highest BCUT2D eigenvalue weighted by molar-refractivity contribution is 5.56. The van der Waals surface area contributed by atoms with Crippen LogP contribution in [0.15, 0.2) is 41.3 Å². The molecule has 0 fully saturated rings. The van der Waals surface area contributed by atoms with Crippen molar-refractivity contribution in [2.24, 2.45) is 7.05 Å². The molecule has 6 heteroatoms. The summed E-state index contributed by atoms with van der Waals surface area (Å²) in [6, 6.07) is 9.08. The van der Waals surface area contributed by atoms with E-state index in [0.717, 1.165) is 17.1 Å². The largest absolute Gasteiger partial charge is 0.318 e. The average Bonchev–Trinajstić information content (AvgIpc) is 2.95. The Morgan fingerprint density at radius 2 is 1.87 bits per heavy atom. The van der Waals surface area contributed by atoms with Crippen molar-refractivity contribution in [2.75, 3.05) is 0 Å². The van der Waals surface area contributed by atoms with E-state index in [1.807, 2.05) is 39.0 Å². The second-order valence-corrected chi connectivity index (χ2v) is 5.86. The number of rotatable bonds is 3. The highest BCUT2D eigenvalue weighted by Crippen LogP contribution is 2.22. The minimum absolute atomic E-state index is 0.0578. The van der Waals surface area contributed by atoms with Gasteiger partial charge in [0, 0.05) is 36.5 Å². The summed E-state index contributed by atoms with van der Waals surface area (Å²) >= 11 is 0. The third-order valence-electron chi connectivity index (χ3n) is 3.57. The third kappa shape index (κ3) is 2.92. The summed E-state index contributed by atoms with van der Waals surface area (Å²) in [5, 5.41) is 4.61. The molecule has 0 spiro atoms. The minimum atomic E-state index is -0.0578. The Kier molecular flexibility index (Phi) is 3.82. The van der Waals surface area contributed by atoms with Gasteiger partial charge < -0.3 is 4.57 Å². The molecule has 23 heavy (non-hydrogen) atoms. The van der Waals surface area contributed by atoms with Gasteiger partial charge in [0.05, 0.1) is 0 Å². The Balaban J connectivity index is 2.22. The molecule has 0 aromatic carbocycles. The van der Waals surface area contributed by atoms with Crippen LogP contribution >= 0.6 is 0 Å².